The third-order valence-electron chi connectivity index (χ3n) is 7.99. The van der Waals surface area contributed by atoms with Crippen molar-refractivity contribution in [2.75, 3.05) is 10.2 Å². The average molecular weight is 537 g/mol. The first kappa shape index (κ1) is 23.1. The van der Waals surface area contributed by atoms with Gasteiger partial charge in [-0.05, 0) is 59.0 Å². The minimum atomic E-state index is -1.31. The third kappa shape index (κ3) is 3.08. The third-order valence-corrected chi connectivity index (χ3v) is 9.12. The van der Waals surface area contributed by atoms with Crippen molar-refractivity contribution in [3.05, 3.63) is 123 Å². The van der Waals surface area contributed by atoms with E-state index in [0.717, 1.165) is 16.8 Å². The van der Waals surface area contributed by atoms with E-state index in [-0.39, 0.29) is 17.5 Å². The molecule has 1 saturated heterocycles. The molecule has 5 nitrogen and oxygen atoms in total. The van der Waals surface area contributed by atoms with Crippen molar-refractivity contribution in [2.45, 2.75) is 17.5 Å². The Kier molecular flexibility index (Phi) is 5.18. The normalized spacial score (nSPS) is 24.6. The van der Waals surface area contributed by atoms with Crippen LogP contribution in [0.2, 0.25) is 5.02 Å². The molecule has 0 radical (unpaired) electrons. The molecule has 3 aromatic carbocycles. The Labute approximate surface area is 228 Å². The Morgan fingerprint density at radius 3 is 2.45 bits per heavy atom. The molecule has 0 bridgehead atoms. The lowest BCUT2D eigenvalue weighted by molar-refractivity contribution is -0.121. The number of nitrogens with zero attached hydrogens (tertiary/aromatic N) is 1. The van der Waals surface area contributed by atoms with Gasteiger partial charge in [0.15, 0.2) is 11.6 Å². The van der Waals surface area contributed by atoms with Gasteiger partial charge in [-0.2, -0.15) is 0 Å². The van der Waals surface area contributed by atoms with Crippen molar-refractivity contribution in [1.82, 2.24) is 0 Å². The van der Waals surface area contributed by atoms with E-state index in [1.807, 2.05) is 77.0 Å². The highest BCUT2D eigenvalue weighted by molar-refractivity contribution is 7.12. The molecule has 38 heavy (non-hydrogen) atoms. The van der Waals surface area contributed by atoms with E-state index in [4.69, 9.17) is 11.6 Å². The SMILES string of the molecule is O=C(c1cccs1)[C@@H]1[C@H](C(=O)c2ccc(Cl)cc2)[C@]2(C(=O)Nc3ccccc32)[C@H]2C=Cc3ccccc3N12. The monoisotopic (exact) mass is 536 g/mol. The van der Waals surface area contributed by atoms with E-state index in [1.54, 1.807) is 30.3 Å². The predicted octanol–water partition coefficient (Wildman–Crippen LogP) is 6.26. The number of hydrogen-bond donors (Lipinski definition) is 1. The lowest BCUT2D eigenvalue weighted by atomic mass is 9.64. The summed E-state index contributed by atoms with van der Waals surface area (Å²) in [5, 5.41) is 5.41. The smallest absolute Gasteiger partial charge is 0.238 e. The van der Waals surface area contributed by atoms with Crippen molar-refractivity contribution in [3.63, 3.8) is 0 Å². The molecule has 3 aliphatic rings. The van der Waals surface area contributed by atoms with Crippen LogP contribution in [0.1, 0.15) is 31.2 Å². The molecule has 0 aliphatic carbocycles. The fourth-order valence-corrected chi connectivity index (χ4v) is 7.30. The number of anilines is 2. The number of thiophene rings is 1. The first-order chi connectivity index (χ1) is 18.5. The number of Topliss-reactive ketones (excluding diaryl/α,β-unsaturated/α-hetero) is 2. The van der Waals surface area contributed by atoms with Crippen LogP contribution in [-0.4, -0.2) is 29.6 Å². The van der Waals surface area contributed by atoms with E-state index >= 15 is 0 Å². The van der Waals surface area contributed by atoms with E-state index in [2.05, 4.69) is 5.32 Å². The van der Waals surface area contributed by atoms with Gasteiger partial charge in [0.25, 0.3) is 0 Å². The molecule has 4 atom stereocenters. The van der Waals surface area contributed by atoms with Crippen LogP contribution >= 0.6 is 22.9 Å². The van der Waals surface area contributed by atoms with Crippen LogP contribution < -0.4 is 10.2 Å². The van der Waals surface area contributed by atoms with Crippen molar-refractivity contribution in [3.8, 4) is 0 Å². The number of carbonyl (C=O) groups is 3. The lowest BCUT2D eigenvalue weighted by Gasteiger charge is -2.37. The standard InChI is InChI=1S/C31H21ClN2O3S/c32-20-14-11-19(12-15-20)28(35)26-27(29(36)24-10-5-17-38-24)34-23-9-4-1-6-18(23)13-16-25(34)31(26)21-7-2-3-8-22(21)33-30(31)37/h1-17,25-27H,(H,33,37)/t25-,26-,27+,31-/m1/s1. The van der Waals surface area contributed by atoms with Crippen molar-refractivity contribution in [1.29, 1.82) is 0 Å². The second-order valence-electron chi connectivity index (χ2n) is 9.77. The summed E-state index contributed by atoms with van der Waals surface area (Å²) in [7, 11) is 0. The molecule has 186 valence electrons. The fourth-order valence-electron chi connectivity index (χ4n) is 6.48. The summed E-state index contributed by atoms with van der Waals surface area (Å²) >= 11 is 7.49. The second-order valence-corrected chi connectivity index (χ2v) is 11.2. The highest BCUT2D eigenvalue weighted by Gasteiger charge is 2.70. The van der Waals surface area contributed by atoms with Crippen molar-refractivity contribution >= 4 is 57.9 Å². The molecule has 1 fully saturated rings. The minimum Gasteiger partial charge on any atom is -0.352 e. The molecule has 4 aromatic rings. The Morgan fingerprint density at radius 2 is 1.66 bits per heavy atom. The zero-order chi connectivity index (χ0) is 26.0. The average Bonchev–Trinajstić information content (AvgIpc) is 3.65. The zero-order valence-corrected chi connectivity index (χ0v) is 21.6. The maximum Gasteiger partial charge on any atom is 0.238 e. The second kappa shape index (κ2) is 8.51. The van der Waals surface area contributed by atoms with Crippen LogP contribution in [0.3, 0.4) is 0 Å². The molecule has 3 aliphatic heterocycles. The number of hydrogen-bond acceptors (Lipinski definition) is 5. The number of nitrogens with one attached hydrogen (secondary N) is 1. The number of para-hydroxylation sites is 2. The van der Waals surface area contributed by atoms with Crippen LogP contribution in [0.25, 0.3) is 6.08 Å². The highest BCUT2D eigenvalue weighted by Crippen LogP contribution is 2.58. The number of carbonyl (C=O) groups excluding carboxylic acids is 3. The van der Waals surface area contributed by atoms with Crippen molar-refractivity contribution in [2.24, 2.45) is 5.92 Å². The van der Waals surface area contributed by atoms with E-state index in [9.17, 15) is 14.4 Å². The number of fused-ring (bicyclic) bond motifs is 6. The summed E-state index contributed by atoms with van der Waals surface area (Å²) < 4.78 is 0. The van der Waals surface area contributed by atoms with Gasteiger partial charge < -0.3 is 10.2 Å². The summed E-state index contributed by atoms with van der Waals surface area (Å²) in [5.41, 5.74) is 2.28. The molecule has 1 spiro atoms. The lowest BCUT2D eigenvalue weighted by Crippen LogP contribution is -2.51. The van der Waals surface area contributed by atoms with Gasteiger partial charge in [0.2, 0.25) is 5.91 Å². The maximum atomic E-state index is 14.6. The van der Waals surface area contributed by atoms with E-state index < -0.39 is 23.4 Å². The van der Waals surface area contributed by atoms with Gasteiger partial charge in [-0.15, -0.1) is 11.3 Å². The van der Waals surface area contributed by atoms with Gasteiger partial charge in [0.05, 0.1) is 16.8 Å². The van der Waals surface area contributed by atoms with E-state index in [1.165, 1.54) is 11.3 Å². The fraction of sp³-hybridized carbons (Fsp3) is 0.129. The van der Waals surface area contributed by atoms with Crippen LogP contribution in [0, 0.1) is 5.92 Å². The Bertz CT molecular complexity index is 1650. The molecule has 7 heteroatoms. The van der Waals surface area contributed by atoms with Crippen LogP contribution in [0.5, 0.6) is 0 Å². The first-order valence-corrected chi connectivity index (χ1v) is 13.6. The van der Waals surface area contributed by atoms with Crippen LogP contribution in [0.4, 0.5) is 11.4 Å². The highest BCUT2D eigenvalue weighted by atomic mass is 35.5. The molecular weight excluding hydrogens is 516 g/mol. The molecule has 0 unspecified atom stereocenters. The van der Waals surface area contributed by atoms with Crippen molar-refractivity contribution < 1.29 is 14.4 Å². The zero-order valence-electron chi connectivity index (χ0n) is 20.0. The number of benzene rings is 3. The largest absolute Gasteiger partial charge is 0.352 e. The maximum absolute atomic E-state index is 14.6. The number of amides is 1. The Morgan fingerprint density at radius 1 is 0.895 bits per heavy atom. The van der Waals surface area contributed by atoms with Gasteiger partial charge in [0, 0.05) is 22.0 Å². The molecule has 1 aromatic heterocycles. The van der Waals surface area contributed by atoms with E-state index in [0.29, 0.717) is 21.2 Å². The quantitative estimate of drug-likeness (QED) is 0.313. The first-order valence-electron chi connectivity index (χ1n) is 12.4. The number of halogens is 1. The summed E-state index contributed by atoms with van der Waals surface area (Å²) in [6.45, 7) is 0. The minimum absolute atomic E-state index is 0.170. The van der Waals surface area contributed by atoms with Crippen LogP contribution in [0.15, 0.2) is 96.4 Å². The van der Waals surface area contributed by atoms with Gasteiger partial charge in [-0.25, -0.2) is 0 Å². The Balaban J connectivity index is 1.54. The molecule has 1 amide bonds. The molecule has 4 heterocycles. The van der Waals surface area contributed by atoms with Gasteiger partial charge in [0.1, 0.15) is 11.5 Å². The number of ketones is 2. The van der Waals surface area contributed by atoms with Crippen LogP contribution in [-0.2, 0) is 10.2 Å². The number of rotatable bonds is 4. The summed E-state index contributed by atoms with van der Waals surface area (Å²) in [6.07, 6.45) is 3.97. The molecule has 7 rings (SSSR count). The van der Waals surface area contributed by atoms with Gasteiger partial charge in [-0.1, -0.05) is 66.2 Å². The summed E-state index contributed by atoms with van der Waals surface area (Å²) in [4.78, 5) is 45.8. The summed E-state index contributed by atoms with van der Waals surface area (Å²) in [6, 6.07) is 24.1. The predicted molar refractivity (Wildman–Crippen MR) is 150 cm³/mol. The molecule has 1 N–H and O–H groups in total. The van der Waals surface area contributed by atoms with Gasteiger partial charge in [-0.3, -0.25) is 14.4 Å². The topological polar surface area (TPSA) is 66.5 Å². The molecular formula is C31H21ClN2O3S. The summed E-state index contributed by atoms with van der Waals surface area (Å²) in [5.74, 6) is -1.69. The molecule has 0 saturated carbocycles. The van der Waals surface area contributed by atoms with Gasteiger partial charge >= 0.3 is 0 Å². The Hall–Kier alpha value is -4.00.